The van der Waals surface area contributed by atoms with Crippen molar-refractivity contribution in [3.05, 3.63) is 34.4 Å². The molecular formula is C15H16BrN3O3. The summed E-state index contributed by atoms with van der Waals surface area (Å²) in [6, 6.07) is 5.58. The lowest BCUT2D eigenvalue weighted by Crippen LogP contribution is -2.16. The molecule has 3 rings (SSSR count). The minimum absolute atomic E-state index is 0.0164. The number of benzene rings is 1. The monoisotopic (exact) mass is 365 g/mol. The molecule has 22 heavy (non-hydrogen) atoms. The smallest absolute Gasteiger partial charge is 0.226 e. The average molecular weight is 366 g/mol. The van der Waals surface area contributed by atoms with E-state index in [0.717, 1.165) is 21.5 Å². The van der Waals surface area contributed by atoms with Crippen LogP contribution >= 0.6 is 15.9 Å². The first-order valence-electron chi connectivity index (χ1n) is 6.90. The number of aromatic nitrogens is 2. The first kappa shape index (κ1) is 14.9. The van der Waals surface area contributed by atoms with E-state index in [1.165, 1.54) is 0 Å². The normalized spacial score (nSPS) is 14.3. The lowest BCUT2D eigenvalue weighted by Gasteiger charge is -2.22. The van der Waals surface area contributed by atoms with Gasteiger partial charge in [-0.1, -0.05) is 15.9 Å². The summed E-state index contributed by atoms with van der Waals surface area (Å²) in [4.78, 5) is 8.45. The van der Waals surface area contributed by atoms with Crippen LogP contribution in [-0.4, -0.2) is 30.3 Å². The van der Waals surface area contributed by atoms with Gasteiger partial charge in [0.2, 0.25) is 11.8 Å². The van der Waals surface area contributed by atoms with Gasteiger partial charge in [0.25, 0.3) is 0 Å². The van der Waals surface area contributed by atoms with Crippen LogP contribution < -0.4 is 19.5 Å². The first-order chi connectivity index (χ1) is 10.7. The molecule has 2 aromatic rings. The Bertz CT molecular complexity index is 681. The summed E-state index contributed by atoms with van der Waals surface area (Å²) >= 11 is 3.58. The Hall–Kier alpha value is -2.02. The summed E-state index contributed by atoms with van der Waals surface area (Å²) < 4.78 is 17.2. The van der Waals surface area contributed by atoms with E-state index in [2.05, 4.69) is 31.2 Å². The van der Waals surface area contributed by atoms with Crippen LogP contribution in [0, 0.1) is 0 Å². The third-order valence-corrected chi connectivity index (χ3v) is 4.00. The van der Waals surface area contributed by atoms with Gasteiger partial charge in [0, 0.05) is 16.7 Å². The third-order valence-electron chi connectivity index (χ3n) is 3.31. The van der Waals surface area contributed by atoms with Crippen molar-refractivity contribution >= 4 is 21.9 Å². The number of fused-ring (bicyclic) bond motifs is 1. The Labute approximate surface area is 137 Å². The van der Waals surface area contributed by atoms with Crippen LogP contribution in [0.4, 0.5) is 5.95 Å². The molecule has 1 aromatic heterocycles. The predicted octanol–water partition coefficient (Wildman–Crippen LogP) is 3.19. The highest BCUT2D eigenvalue weighted by molar-refractivity contribution is 9.10. The molecule has 0 aliphatic carbocycles. The standard InChI is InChI=1S/C15H16BrN3O3/c1-9(18-15-17-4-3-14(19-15)20-2)10-7-12-13(8-11(10)16)22-6-5-21-12/h3-4,7-9H,5-6H2,1-2H3,(H,17,18,19). The zero-order valence-corrected chi connectivity index (χ0v) is 13.9. The van der Waals surface area contributed by atoms with Gasteiger partial charge in [-0.15, -0.1) is 0 Å². The lowest BCUT2D eigenvalue weighted by molar-refractivity contribution is 0.171. The number of halogens is 1. The molecule has 1 N–H and O–H groups in total. The number of ether oxygens (including phenoxy) is 3. The van der Waals surface area contributed by atoms with Gasteiger partial charge in [-0.2, -0.15) is 4.98 Å². The maximum atomic E-state index is 5.63. The van der Waals surface area contributed by atoms with E-state index in [9.17, 15) is 0 Å². The first-order valence-corrected chi connectivity index (χ1v) is 7.69. The van der Waals surface area contributed by atoms with Gasteiger partial charge in [-0.05, 0) is 24.6 Å². The van der Waals surface area contributed by atoms with Crippen LogP contribution in [-0.2, 0) is 0 Å². The molecule has 1 atom stereocenters. The SMILES string of the molecule is COc1ccnc(NC(C)c2cc3c(cc2Br)OCCO3)n1. The number of anilines is 1. The minimum atomic E-state index is -0.0164. The van der Waals surface area contributed by atoms with Crippen molar-refractivity contribution in [2.24, 2.45) is 0 Å². The molecule has 1 aliphatic rings. The molecule has 0 radical (unpaired) electrons. The Morgan fingerprint density at radius 1 is 1.27 bits per heavy atom. The Morgan fingerprint density at radius 3 is 2.73 bits per heavy atom. The zero-order chi connectivity index (χ0) is 15.5. The fourth-order valence-corrected chi connectivity index (χ4v) is 2.87. The van der Waals surface area contributed by atoms with Crippen molar-refractivity contribution in [1.82, 2.24) is 9.97 Å². The van der Waals surface area contributed by atoms with E-state index in [-0.39, 0.29) is 6.04 Å². The molecule has 7 heteroatoms. The summed E-state index contributed by atoms with van der Waals surface area (Å²) in [7, 11) is 1.58. The molecule has 116 valence electrons. The Morgan fingerprint density at radius 2 is 2.00 bits per heavy atom. The van der Waals surface area contributed by atoms with Crippen molar-refractivity contribution in [2.75, 3.05) is 25.6 Å². The highest BCUT2D eigenvalue weighted by Gasteiger charge is 2.18. The van der Waals surface area contributed by atoms with Gasteiger partial charge in [-0.3, -0.25) is 0 Å². The summed E-state index contributed by atoms with van der Waals surface area (Å²) in [5.74, 6) is 2.54. The second kappa shape index (κ2) is 6.39. The quantitative estimate of drug-likeness (QED) is 0.897. The van der Waals surface area contributed by atoms with E-state index < -0.39 is 0 Å². The van der Waals surface area contributed by atoms with Crippen molar-refractivity contribution in [3.63, 3.8) is 0 Å². The predicted molar refractivity (Wildman–Crippen MR) is 85.8 cm³/mol. The van der Waals surface area contributed by atoms with Crippen molar-refractivity contribution < 1.29 is 14.2 Å². The summed E-state index contributed by atoms with van der Waals surface area (Å²) in [5.41, 5.74) is 1.04. The molecule has 0 fully saturated rings. The maximum Gasteiger partial charge on any atom is 0.226 e. The number of nitrogens with one attached hydrogen (secondary N) is 1. The minimum Gasteiger partial charge on any atom is -0.486 e. The highest BCUT2D eigenvalue weighted by Crippen LogP contribution is 2.38. The number of methoxy groups -OCH3 is 1. The number of hydrogen-bond acceptors (Lipinski definition) is 6. The number of nitrogens with zero attached hydrogens (tertiary/aromatic N) is 2. The molecule has 0 saturated heterocycles. The van der Waals surface area contributed by atoms with Crippen LogP contribution in [0.1, 0.15) is 18.5 Å². The molecule has 6 nitrogen and oxygen atoms in total. The highest BCUT2D eigenvalue weighted by atomic mass is 79.9. The summed E-state index contributed by atoms with van der Waals surface area (Å²) in [6.45, 7) is 3.16. The number of rotatable bonds is 4. The van der Waals surface area contributed by atoms with Crippen LogP contribution in [0.2, 0.25) is 0 Å². The molecule has 1 unspecified atom stereocenters. The van der Waals surface area contributed by atoms with E-state index in [1.54, 1.807) is 19.4 Å². The average Bonchev–Trinajstić information content (AvgIpc) is 2.54. The molecule has 1 aromatic carbocycles. The van der Waals surface area contributed by atoms with E-state index in [1.807, 2.05) is 19.1 Å². The van der Waals surface area contributed by atoms with Gasteiger partial charge < -0.3 is 19.5 Å². The van der Waals surface area contributed by atoms with Gasteiger partial charge in [0.1, 0.15) is 13.2 Å². The van der Waals surface area contributed by atoms with Gasteiger partial charge in [0.05, 0.1) is 13.2 Å². The van der Waals surface area contributed by atoms with Crippen LogP contribution in [0.25, 0.3) is 0 Å². The van der Waals surface area contributed by atoms with Gasteiger partial charge >= 0.3 is 0 Å². The van der Waals surface area contributed by atoms with Gasteiger partial charge in [0.15, 0.2) is 11.5 Å². The van der Waals surface area contributed by atoms with E-state index >= 15 is 0 Å². The largest absolute Gasteiger partial charge is 0.486 e. The van der Waals surface area contributed by atoms with E-state index in [0.29, 0.717) is 25.0 Å². The second-order valence-electron chi connectivity index (χ2n) is 4.81. The summed E-state index contributed by atoms with van der Waals surface area (Å²) in [6.07, 6.45) is 1.65. The van der Waals surface area contributed by atoms with Crippen molar-refractivity contribution in [2.45, 2.75) is 13.0 Å². The van der Waals surface area contributed by atoms with Crippen LogP contribution in [0.3, 0.4) is 0 Å². The summed E-state index contributed by atoms with van der Waals surface area (Å²) in [5, 5.41) is 3.25. The molecule has 0 saturated carbocycles. The van der Waals surface area contributed by atoms with Crippen LogP contribution in [0.15, 0.2) is 28.9 Å². The molecule has 2 heterocycles. The Balaban J connectivity index is 1.83. The van der Waals surface area contributed by atoms with Gasteiger partial charge in [-0.25, -0.2) is 4.98 Å². The molecular weight excluding hydrogens is 350 g/mol. The lowest BCUT2D eigenvalue weighted by atomic mass is 10.1. The topological polar surface area (TPSA) is 65.5 Å². The molecule has 0 amide bonds. The molecule has 0 bridgehead atoms. The molecule has 0 spiro atoms. The Kier molecular flexibility index (Phi) is 4.33. The second-order valence-corrected chi connectivity index (χ2v) is 5.66. The van der Waals surface area contributed by atoms with Crippen molar-refractivity contribution in [1.29, 1.82) is 0 Å². The maximum absolute atomic E-state index is 5.63. The van der Waals surface area contributed by atoms with E-state index in [4.69, 9.17) is 14.2 Å². The zero-order valence-electron chi connectivity index (χ0n) is 12.3. The van der Waals surface area contributed by atoms with Crippen molar-refractivity contribution in [3.8, 4) is 17.4 Å². The molecule has 1 aliphatic heterocycles. The number of hydrogen-bond donors (Lipinski definition) is 1. The third kappa shape index (κ3) is 3.09. The fraction of sp³-hybridized carbons (Fsp3) is 0.333. The fourth-order valence-electron chi connectivity index (χ4n) is 2.21. The van der Waals surface area contributed by atoms with Crippen LogP contribution in [0.5, 0.6) is 17.4 Å².